The molecule has 1 amide bonds. The highest BCUT2D eigenvalue weighted by Gasteiger charge is 2.00. The molecule has 0 atom stereocenters. The van der Waals surface area contributed by atoms with Gasteiger partial charge in [-0.1, -0.05) is 13.0 Å². The zero-order chi connectivity index (χ0) is 14.3. The molecular weight excluding hydrogens is 240 g/mol. The van der Waals surface area contributed by atoms with E-state index in [4.69, 9.17) is 5.73 Å². The van der Waals surface area contributed by atoms with E-state index in [9.17, 15) is 4.79 Å². The van der Waals surface area contributed by atoms with Crippen molar-refractivity contribution in [2.24, 2.45) is 10.7 Å². The van der Waals surface area contributed by atoms with E-state index < -0.39 is 0 Å². The van der Waals surface area contributed by atoms with Crippen LogP contribution in [0.5, 0.6) is 0 Å². The van der Waals surface area contributed by atoms with E-state index in [2.05, 4.69) is 21.7 Å². The molecule has 5 heteroatoms. The Balaban J connectivity index is 2.53. The number of rotatable bonds is 5. The van der Waals surface area contributed by atoms with Crippen molar-refractivity contribution in [3.05, 3.63) is 29.3 Å². The van der Waals surface area contributed by atoms with E-state index in [1.54, 1.807) is 0 Å². The fraction of sp³-hybridized carbons (Fsp3) is 0.429. The van der Waals surface area contributed by atoms with Gasteiger partial charge in [0.2, 0.25) is 5.91 Å². The van der Waals surface area contributed by atoms with Crippen molar-refractivity contribution < 1.29 is 4.79 Å². The molecule has 1 aromatic rings. The number of nitrogens with one attached hydrogen (secondary N) is 2. The topological polar surface area (TPSA) is 79.5 Å². The van der Waals surface area contributed by atoms with Gasteiger partial charge in [-0.2, -0.15) is 0 Å². The Bertz CT molecular complexity index is 448. The van der Waals surface area contributed by atoms with Crippen LogP contribution in [0.3, 0.4) is 0 Å². The van der Waals surface area contributed by atoms with Gasteiger partial charge in [0.1, 0.15) is 6.54 Å². The molecule has 0 unspecified atom stereocenters. The lowest BCUT2D eigenvalue weighted by molar-refractivity contribution is -0.119. The van der Waals surface area contributed by atoms with Crippen molar-refractivity contribution in [3.8, 4) is 0 Å². The summed E-state index contributed by atoms with van der Waals surface area (Å²) >= 11 is 0. The molecule has 0 spiro atoms. The Kier molecular flexibility index (Phi) is 5.85. The minimum Gasteiger partial charge on any atom is -0.370 e. The number of carbonyl (C=O) groups is 1. The van der Waals surface area contributed by atoms with Gasteiger partial charge in [-0.3, -0.25) is 4.79 Å². The smallest absolute Gasteiger partial charge is 0.241 e. The number of hydrogen-bond donors (Lipinski definition) is 3. The molecule has 19 heavy (non-hydrogen) atoms. The van der Waals surface area contributed by atoms with Crippen LogP contribution in [0, 0.1) is 13.8 Å². The number of anilines is 1. The minimum absolute atomic E-state index is 0.0453. The first-order valence-electron chi connectivity index (χ1n) is 6.43. The van der Waals surface area contributed by atoms with Gasteiger partial charge in [0.15, 0.2) is 5.96 Å². The van der Waals surface area contributed by atoms with Gasteiger partial charge >= 0.3 is 0 Å². The number of amides is 1. The van der Waals surface area contributed by atoms with Gasteiger partial charge in [0.05, 0.1) is 0 Å². The number of carbonyl (C=O) groups excluding carboxylic acids is 1. The van der Waals surface area contributed by atoms with Crippen LogP contribution in [0.1, 0.15) is 24.5 Å². The van der Waals surface area contributed by atoms with Crippen molar-refractivity contribution in [2.75, 3.05) is 18.4 Å². The predicted octanol–water partition coefficient (Wildman–Crippen LogP) is 1.56. The summed E-state index contributed by atoms with van der Waals surface area (Å²) in [7, 11) is 0. The standard InChI is InChI=1S/C14H22N4O/c1-4-5-16-13(19)9-17-14(15)18-12-7-10(2)6-11(3)8-12/h6-8H,4-5,9H2,1-3H3,(H,16,19)(H3,15,17,18). The molecule has 0 aliphatic heterocycles. The van der Waals surface area contributed by atoms with Crippen molar-refractivity contribution >= 4 is 17.6 Å². The molecule has 0 aliphatic carbocycles. The highest BCUT2D eigenvalue weighted by Crippen LogP contribution is 2.13. The lowest BCUT2D eigenvalue weighted by Crippen LogP contribution is -2.29. The van der Waals surface area contributed by atoms with Crippen LogP contribution >= 0.6 is 0 Å². The number of aliphatic imine (C=N–C) groups is 1. The highest BCUT2D eigenvalue weighted by molar-refractivity contribution is 5.94. The Morgan fingerprint density at radius 3 is 2.47 bits per heavy atom. The SMILES string of the molecule is CCCNC(=O)CN=C(N)Nc1cc(C)cc(C)c1. The third-order valence-electron chi connectivity index (χ3n) is 2.46. The summed E-state index contributed by atoms with van der Waals surface area (Å²) in [6.07, 6.45) is 0.908. The van der Waals surface area contributed by atoms with E-state index in [0.717, 1.165) is 23.2 Å². The fourth-order valence-corrected chi connectivity index (χ4v) is 1.71. The molecule has 0 saturated heterocycles. The Labute approximate surface area is 114 Å². The summed E-state index contributed by atoms with van der Waals surface area (Å²) in [6.45, 7) is 6.75. The minimum atomic E-state index is -0.118. The normalized spacial score (nSPS) is 11.2. The largest absolute Gasteiger partial charge is 0.370 e. The van der Waals surface area contributed by atoms with Gasteiger partial charge in [0, 0.05) is 12.2 Å². The quantitative estimate of drug-likeness (QED) is 0.556. The van der Waals surface area contributed by atoms with Crippen molar-refractivity contribution in [3.63, 3.8) is 0 Å². The van der Waals surface area contributed by atoms with Crippen LogP contribution < -0.4 is 16.4 Å². The lowest BCUT2D eigenvalue weighted by Gasteiger charge is -2.08. The Morgan fingerprint density at radius 2 is 1.89 bits per heavy atom. The Morgan fingerprint density at radius 1 is 1.26 bits per heavy atom. The average Bonchev–Trinajstić information content (AvgIpc) is 2.32. The monoisotopic (exact) mass is 262 g/mol. The van der Waals surface area contributed by atoms with Crippen LogP contribution in [-0.2, 0) is 4.79 Å². The van der Waals surface area contributed by atoms with Crippen LogP contribution in [0.4, 0.5) is 5.69 Å². The number of aryl methyl sites for hydroxylation is 2. The predicted molar refractivity (Wildman–Crippen MR) is 79.3 cm³/mol. The molecular formula is C14H22N4O. The number of hydrogen-bond acceptors (Lipinski definition) is 2. The Hall–Kier alpha value is -2.04. The summed E-state index contributed by atoms with van der Waals surface area (Å²) in [6, 6.07) is 6.04. The molecule has 0 aliphatic rings. The number of nitrogens with two attached hydrogens (primary N) is 1. The molecule has 4 N–H and O–H groups in total. The first-order valence-corrected chi connectivity index (χ1v) is 6.43. The van der Waals surface area contributed by atoms with E-state index in [1.807, 2.05) is 32.9 Å². The zero-order valence-electron chi connectivity index (χ0n) is 11.8. The molecule has 0 bridgehead atoms. The maximum atomic E-state index is 11.4. The summed E-state index contributed by atoms with van der Waals surface area (Å²) in [5, 5.41) is 5.72. The molecule has 1 aromatic carbocycles. The second kappa shape index (κ2) is 7.41. The van der Waals surface area contributed by atoms with Crippen molar-refractivity contribution in [1.82, 2.24) is 5.32 Å². The summed E-state index contributed by atoms with van der Waals surface area (Å²) in [5.41, 5.74) is 8.92. The summed E-state index contributed by atoms with van der Waals surface area (Å²) in [4.78, 5) is 15.4. The summed E-state index contributed by atoms with van der Waals surface area (Å²) < 4.78 is 0. The molecule has 104 valence electrons. The maximum absolute atomic E-state index is 11.4. The highest BCUT2D eigenvalue weighted by atomic mass is 16.1. The molecule has 0 aromatic heterocycles. The zero-order valence-corrected chi connectivity index (χ0v) is 11.8. The molecule has 5 nitrogen and oxygen atoms in total. The lowest BCUT2D eigenvalue weighted by atomic mass is 10.1. The fourth-order valence-electron chi connectivity index (χ4n) is 1.71. The second-order valence-corrected chi connectivity index (χ2v) is 4.55. The van der Waals surface area contributed by atoms with Gasteiger partial charge in [0.25, 0.3) is 0 Å². The number of guanidine groups is 1. The second-order valence-electron chi connectivity index (χ2n) is 4.55. The molecule has 1 rings (SSSR count). The van der Waals surface area contributed by atoms with Gasteiger partial charge in [-0.25, -0.2) is 4.99 Å². The molecule has 0 saturated carbocycles. The number of nitrogens with zero attached hydrogens (tertiary/aromatic N) is 1. The van der Waals surface area contributed by atoms with Crippen LogP contribution in [-0.4, -0.2) is 25.0 Å². The third kappa shape index (κ3) is 5.90. The van der Waals surface area contributed by atoms with E-state index in [0.29, 0.717) is 6.54 Å². The number of benzene rings is 1. The van der Waals surface area contributed by atoms with Crippen molar-refractivity contribution in [2.45, 2.75) is 27.2 Å². The van der Waals surface area contributed by atoms with Gasteiger partial charge in [-0.05, 0) is 43.5 Å². The third-order valence-corrected chi connectivity index (χ3v) is 2.46. The van der Waals surface area contributed by atoms with Crippen LogP contribution in [0.25, 0.3) is 0 Å². The van der Waals surface area contributed by atoms with Gasteiger partial charge < -0.3 is 16.4 Å². The van der Waals surface area contributed by atoms with Crippen LogP contribution in [0.15, 0.2) is 23.2 Å². The molecule has 0 heterocycles. The van der Waals surface area contributed by atoms with E-state index in [1.165, 1.54) is 0 Å². The van der Waals surface area contributed by atoms with E-state index >= 15 is 0 Å². The van der Waals surface area contributed by atoms with Crippen molar-refractivity contribution in [1.29, 1.82) is 0 Å². The summed E-state index contributed by atoms with van der Waals surface area (Å²) in [5.74, 6) is 0.128. The first kappa shape index (κ1) is 15.0. The van der Waals surface area contributed by atoms with Crippen LogP contribution in [0.2, 0.25) is 0 Å². The average molecular weight is 262 g/mol. The first-order chi connectivity index (χ1) is 9.01. The maximum Gasteiger partial charge on any atom is 0.241 e. The molecule has 0 fully saturated rings. The van der Waals surface area contributed by atoms with Gasteiger partial charge in [-0.15, -0.1) is 0 Å². The molecule has 0 radical (unpaired) electrons. The van der Waals surface area contributed by atoms with E-state index in [-0.39, 0.29) is 18.4 Å².